The number of aromatic hydroxyl groups is 1. The summed E-state index contributed by atoms with van der Waals surface area (Å²) in [6.45, 7) is 6.33. The second-order valence-electron chi connectivity index (χ2n) is 6.02. The van der Waals surface area contributed by atoms with Crippen LogP contribution in [-0.2, 0) is 5.41 Å². The van der Waals surface area contributed by atoms with Gasteiger partial charge >= 0.3 is 0 Å². The molecule has 1 N–H and O–H groups in total. The van der Waals surface area contributed by atoms with Gasteiger partial charge in [-0.15, -0.1) is 11.6 Å². The topological polar surface area (TPSA) is 20.2 Å². The molecule has 0 aromatic heterocycles. The van der Waals surface area contributed by atoms with Crippen molar-refractivity contribution in [2.75, 3.05) is 0 Å². The molecule has 2 heteroatoms. The smallest absolute Gasteiger partial charge is 0.119 e. The van der Waals surface area contributed by atoms with Crippen molar-refractivity contribution < 1.29 is 5.11 Å². The van der Waals surface area contributed by atoms with E-state index < -0.39 is 0 Å². The van der Waals surface area contributed by atoms with Crippen LogP contribution < -0.4 is 0 Å². The van der Waals surface area contributed by atoms with E-state index in [1.54, 1.807) is 0 Å². The van der Waals surface area contributed by atoms with Gasteiger partial charge in [-0.3, -0.25) is 0 Å². The maximum absolute atomic E-state index is 10.1. The molecule has 17 heavy (non-hydrogen) atoms. The SMILES string of the molecule is Cc1ccc(C2(C)CCCC(C)(Cl)C2)c(O)c1. The lowest BCUT2D eigenvalue weighted by Crippen LogP contribution is -2.36. The zero-order chi connectivity index (χ0) is 12.7. The number of aryl methyl sites for hydroxylation is 1. The van der Waals surface area contributed by atoms with Crippen molar-refractivity contribution in [3.05, 3.63) is 29.3 Å². The normalized spacial score (nSPS) is 33.6. The first-order chi connectivity index (χ1) is 7.82. The lowest BCUT2D eigenvalue weighted by atomic mass is 9.67. The molecule has 0 heterocycles. The molecule has 2 rings (SSSR count). The van der Waals surface area contributed by atoms with E-state index in [1.165, 1.54) is 0 Å². The average Bonchev–Trinajstić information content (AvgIpc) is 2.14. The van der Waals surface area contributed by atoms with E-state index in [-0.39, 0.29) is 10.3 Å². The van der Waals surface area contributed by atoms with Crippen LogP contribution in [0, 0.1) is 6.92 Å². The molecule has 0 aliphatic heterocycles. The predicted molar refractivity (Wildman–Crippen MR) is 72.9 cm³/mol. The molecule has 94 valence electrons. The van der Waals surface area contributed by atoms with Gasteiger partial charge in [-0.2, -0.15) is 0 Å². The Labute approximate surface area is 109 Å². The first kappa shape index (κ1) is 12.8. The van der Waals surface area contributed by atoms with Crippen LogP contribution in [0.4, 0.5) is 0 Å². The molecule has 0 spiro atoms. The number of benzene rings is 1. The van der Waals surface area contributed by atoms with E-state index in [1.807, 2.05) is 13.0 Å². The minimum Gasteiger partial charge on any atom is -0.508 e. The van der Waals surface area contributed by atoms with E-state index in [9.17, 15) is 5.11 Å². The Balaban J connectivity index is 2.37. The zero-order valence-corrected chi connectivity index (χ0v) is 11.6. The molecular formula is C15H21ClO. The molecule has 0 saturated heterocycles. The van der Waals surface area contributed by atoms with E-state index in [0.717, 1.165) is 36.8 Å². The standard InChI is InChI=1S/C15H21ClO/c1-11-5-6-12(13(17)9-11)14(2)7-4-8-15(3,16)10-14/h5-6,9,17H,4,7-8,10H2,1-3H3. The summed E-state index contributed by atoms with van der Waals surface area (Å²) < 4.78 is 0. The molecule has 1 aromatic rings. The minimum absolute atomic E-state index is 0.00648. The third-order valence-corrected chi connectivity index (χ3v) is 4.31. The second-order valence-corrected chi connectivity index (χ2v) is 6.94. The molecule has 1 aromatic carbocycles. The molecule has 1 saturated carbocycles. The molecular weight excluding hydrogens is 232 g/mol. The summed E-state index contributed by atoms with van der Waals surface area (Å²) in [5, 5.41) is 10.1. The molecule has 1 aliphatic carbocycles. The fourth-order valence-electron chi connectivity index (χ4n) is 3.22. The van der Waals surface area contributed by atoms with Crippen LogP contribution in [0.2, 0.25) is 0 Å². The van der Waals surface area contributed by atoms with Crippen molar-refractivity contribution in [3.63, 3.8) is 0 Å². The summed E-state index contributed by atoms with van der Waals surface area (Å²) >= 11 is 6.51. The Bertz CT molecular complexity index is 425. The summed E-state index contributed by atoms with van der Waals surface area (Å²) in [5.41, 5.74) is 2.15. The van der Waals surface area contributed by atoms with Gasteiger partial charge in [0.1, 0.15) is 5.75 Å². The largest absolute Gasteiger partial charge is 0.508 e. The summed E-state index contributed by atoms with van der Waals surface area (Å²) in [6, 6.07) is 5.98. The molecule has 1 fully saturated rings. The van der Waals surface area contributed by atoms with E-state index in [4.69, 9.17) is 11.6 Å². The fourth-order valence-corrected chi connectivity index (χ4v) is 3.65. The van der Waals surface area contributed by atoms with Crippen molar-refractivity contribution in [2.45, 2.75) is 56.7 Å². The zero-order valence-electron chi connectivity index (χ0n) is 10.9. The third kappa shape index (κ3) is 2.60. The highest BCUT2D eigenvalue weighted by Crippen LogP contribution is 2.48. The Kier molecular flexibility index (Phi) is 3.15. The molecule has 1 nitrogen and oxygen atoms in total. The lowest BCUT2D eigenvalue weighted by molar-refractivity contribution is 0.264. The van der Waals surface area contributed by atoms with Crippen LogP contribution in [0.5, 0.6) is 5.75 Å². The molecule has 0 bridgehead atoms. The van der Waals surface area contributed by atoms with Crippen LogP contribution in [0.3, 0.4) is 0 Å². The number of alkyl halides is 1. The maximum atomic E-state index is 10.1. The summed E-state index contributed by atoms with van der Waals surface area (Å²) in [6.07, 6.45) is 4.23. The monoisotopic (exact) mass is 252 g/mol. The van der Waals surface area contributed by atoms with Gasteiger partial charge in [0.25, 0.3) is 0 Å². The van der Waals surface area contributed by atoms with Gasteiger partial charge in [0.05, 0.1) is 0 Å². The molecule has 2 unspecified atom stereocenters. The minimum atomic E-state index is -0.135. The number of hydrogen-bond acceptors (Lipinski definition) is 1. The third-order valence-electron chi connectivity index (χ3n) is 3.99. The number of hydrogen-bond donors (Lipinski definition) is 1. The van der Waals surface area contributed by atoms with E-state index in [0.29, 0.717) is 5.75 Å². The highest BCUT2D eigenvalue weighted by molar-refractivity contribution is 6.23. The fraction of sp³-hybridized carbons (Fsp3) is 0.600. The number of rotatable bonds is 1. The quantitative estimate of drug-likeness (QED) is 0.728. The van der Waals surface area contributed by atoms with Crippen molar-refractivity contribution >= 4 is 11.6 Å². The van der Waals surface area contributed by atoms with Gasteiger partial charge in [0.15, 0.2) is 0 Å². The molecule has 0 radical (unpaired) electrons. The van der Waals surface area contributed by atoms with Gasteiger partial charge in [-0.25, -0.2) is 0 Å². The molecule has 2 atom stereocenters. The van der Waals surface area contributed by atoms with Crippen LogP contribution in [0.15, 0.2) is 18.2 Å². The van der Waals surface area contributed by atoms with E-state index >= 15 is 0 Å². The average molecular weight is 253 g/mol. The van der Waals surface area contributed by atoms with Crippen molar-refractivity contribution in [2.24, 2.45) is 0 Å². The first-order valence-corrected chi connectivity index (χ1v) is 6.69. The lowest BCUT2D eigenvalue weighted by Gasteiger charge is -2.42. The van der Waals surface area contributed by atoms with Crippen LogP contribution >= 0.6 is 11.6 Å². The van der Waals surface area contributed by atoms with Crippen LogP contribution in [0.25, 0.3) is 0 Å². The maximum Gasteiger partial charge on any atom is 0.119 e. The van der Waals surface area contributed by atoms with Crippen LogP contribution in [-0.4, -0.2) is 9.98 Å². The second kappa shape index (κ2) is 4.20. The van der Waals surface area contributed by atoms with Crippen molar-refractivity contribution in [1.82, 2.24) is 0 Å². The Morgan fingerprint density at radius 1 is 1.24 bits per heavy atom. The summed E-state index contributed by atoms with van der Waals surface area (Å²) in [5.74, 6) is 0.418. The highest BCUT2D eigenvalue weighted by Gasteiger charge is 2.40. The van der Waals surface area contributed by atoms with E-state index in [2.05, 4.69) is 26.0 Å². The summed E-state index contributed by atoms with van der Waals surface area (Å²) in [4.78, 5) is -0.135. The van der Waals surface area contributed by atoms with Gasteiger partial charge in [0, 0.05) is 4.87 Å². The number of halogens is 1. The van der Waals surface area contributed by atoms with Gasteiger partial charge < -0.3 is 5.11 Å². The molecule has 1 aliphatic rings. The summed E-state index contributed by atoms with van der Waals surface area (Å²) in [7, 11) is 0. The van der Waals surface area contributed by atoms with Gasteiger partial charge in [-0.1, -0.05) is 25.5 Å². The Morgan fingerprint density at radius 2 is 1.94 bits per heavy atom. The highest BCUT2D eigenvalue weighted by atomic mass is 35.5. The first-order valence-electron chi connectivity index (χ1n) is 6.31. The number of phenolic OH excluding ortho intramolecular Hbond substituents is 1. The van der Waals surface area contributed by atoms with Crippen LogP contribution in [0.1, 0.15) is 50.7 Å². The Hall–Kier alpha value is -0.690. The molecule has 0 amide bonds. The number of phenols is 1. The predicted octanol–water partition coefficient (Wildman–Crippen LogP) is 4.53. The Morgan fingerprint density at radius 3 is 2.53 bits per heavy atom. The van der Waals surface area contributed by atoms with Gasteiger partial charge in [0.2, 0.25) is 0 Å². The van der Waals surface area contributed by atoms with Gasteiger partial charge in [-0.05, 0) is 55.7 Å². The van der Waals surface area contributed by atoms with Crippen molar-refractivity contribution in [1.29, 1.82) is 0 Å². The van der Waals surface area contributed by atoms with Crippen molar-refractivity contribution in [3.8, 4) is 5.75 Å².